The summed E-state index contributed by atoms with van der Waals surface area (Å²) in [4.78, 5) is 11.9. The third-order valence-corrected chi connectivity index (χ3v) is 3.77. The maximum Gasteiger partial charge on any atom is 0.209 e. The Morgan fingerprint density at radius 1 is 0.789 bits per heavy atom. The smallest absolute Gasteiger partial charge is 0.209 e. The van der Waals surface area contributed by atoms with E-state index in [1.54, 1.807) is 6.08 Å². The molecule has 3 aromatic carbocycles. The number of nitrogens with two attached hydrogens (primary N) is 1. The largest absolute Gasteiger partial charge is 0.396 e. The number of carbonyl (C=O) groups excluding carboxylic acids is 1. The molecule has 0 saturated carbocycles. The molecule has 0 heterocycles. The highest BCUT2D eigenvalue weighted by atomic mass is 16.1. The van der Waals surface area contributed by atoms with E-state index in [9.17, 15) is 4.79 Å². The first-order valence-corrected chi connectivity index (χ1v) is 6.22. The molecule has 0 amide bonds. The van der Waals surface area contributed by atoms with Crippen LogP contribution in [0.15, 0.2) is 54.2 Å². The van der Waals surface area contributed by atoms with E-state index in [-0.39, 0.29) is 5.78 Å². The summed E-state index contributed by atoms with van der Waals surface area (Å²) in [6, 6.07) is 16.3. The van der Waals surface area contributed by atoms with Crippen LogP contribution in [0, 0.1) is 0 Å². The Kier molecular flexibility index (Phi) is 1.88. The van der Waals surface area contributed by atoms with Crippen molar-refractivity contribution in [1.29, 1.82) is 0 Å². The van der Waals surface area contributed by atoms with Gasteiger partial charge >= 0.3 is 0 Å². The number of Topliss-reactive ketones (excluding diaryl/α,β-unsaturated/α-hetero) is 1. The van der Waals surface area contributed by atoms with Gasteiger partial charge in [0, 0.05) is 5.56 Å². The normalized spacial score (nSPS) is 13.9. The molecule has 2 N–H and O–H groups in total. The second-order valence-electron chi connectivity index (χ2n) is 4.84. The Balaban J connectivity index is 2.21. The summed E-state index contributed by atoms with van der Waals surface area (Å²) in [6.45, 7) is 0. The second kappa shape index (κ2) is 3.45. The highest BCUT2D eigenvalue weighted by Gasteiger charge is 2.22. The fourth-order valence-electron chi connectivity index (χ4n) is 2.84. The molecule has 90 valence electrons. The summed E-state index contributed by atoms with van der Waals surface area (Å²) in [5.41, 5.74) is 7.73. The van der Waals surface area contributed by atoms with Crippen molar-refractivity contribution >= 4 is 33.4 Å². The van der Waals surface area contributed by atoms with Crippen LogP contribution < -0.4 is 5.73 Å². The van der Waals surface area contributed by atoms with Crippen molar-refractivity contribution in [2.75, 3.05) is 0 Å². The fraction of sp³-hybridized carbons (Fsp3) is 0. The van der Waals surface area contributed by atoms with Crippen LogP contribution in [0.4, 0.5) is 0 Å². The minimum Gasteiger partial charge on any atom is -0.396 e. The van der Waals surface area contributed by atoms with Crippen molar-refractivity contribution in [2.45, 2.75) is 0 Å². The number of hydrogen-bond acceptors (Lipinski definition) is 2. The molecule has 0 radical (unpaired) electrons. The highest BCUT2D eigenvalue weighted by molar-refractivity contribution is 6.22. The van der Waals surface area contributed by atoms with E-state index in [0.29, 0.717) is 11.3 Å². The lowest BCUT2D eigenvalue weighted by atomic mass is 9.96. The fourth-order valence-corrected chi connectivity index (χ4v) is 2.84. The van der Waals surface area contributed by atoms with Gasteiger partial charge in [-0.15, -0.1) is 0 Å². The van der Waals surface area contributed by atoms with Gasteiger partial charge in [0.05, 0.1) is 5.70 Å². The zero-order valence-electron chi connectivity index (χ0n) is 10.2. The molecular formula is C17H11NO. The minimum atomic E-state index is -0.0648. The summed E-state index contributed by atoms with van der Waals surface area (Å²) in [6.07, 6.45) is 1.79. The van der Waals surface area contributed by atoms with Crippen molar-refractivity contribution in [3.8, 4) is 0 Å². The average Bonchev–Trinajstić information content (AvgIpc) is 2.74. The van der Waals surface area contributed by atoms with E-state index >= 15 is 0 Å². The molecule has 19 heavy (non-hydrogen) atoms. The van der Waals surface area contributed by atoms with Crippen LogP contribution in [0.1, 0.15) is 15.9 Å². The predicted octanol–water partition coefficient (Wildman–Crippen LogP) is 3.49. The Labute approximate surface area is 110 Å². The molecule has 0 fully saturated rings. The Hall–Kier alpha value is -2.61. The van der Waals surface area contributed by atoms with Crippen molar-refractivity contribution in [3.63, 3.8) is 0 Å². The molecule has 0 bridgehead atoms. The quantitative estimate of drug-likeness (QED) is 0.616. The van der Waals surface area contributed by atoms with Crippen molar-refractivity contribution in [1.82, 2.24) is 0 Å². The van der Waals surface area contributed by atoms with Gasteiger partial charge in [-0.1, -0.05) is 42.5 Å². The molecule has 2 heteroatoms. The second-order valence-corrected chi connectivity index (χ2v) is 4.84. The first kappa shape index (κ1) is 10.3. The molecule has 0 atom stereocenters. The van der Waals surface area contributed by atoms with Gasteiger partial charge in [0.25, 0.3) is 0 Å². The van der Waals surface area contributed by atoms with Gasteiger partial charge in [-0.3, -0.25) is 4.79 Å². The standard InChI is InChI=1S/C17H11NO/c18-16-9-15-13-6-5-10-3-1-2-4-11(10)12(13)7-8-14(15)17(16)19/h1-9H,(H2,18,19). The zero-order valence-corrected chi connectivity index (χ0v) is 10.2. The lowest BCUT2D eigenvalue weighted by Crippen LogP contribution is -2.06. The summed E-state index contributed by atoms with van der Waals surface area (Å²) in [5.74, 6) is -0.0648. The maximum absolute atomic E-state index is 11.9. The van der Waals surface area contributed by atoms with Crippen LogP contribution in [0.2, 0.25) is 0 Å². The highest BCUT2D eigenvalue weighted by Crippen LogP contribution is 2.33. The number of ketones is 1. The molecule has 0 aromatic heterocycles. The lowest BCUT2D eigenvalue weighted by molar-refractivity contribution is 0.103. The topological polar surface area (TPSA) is 43.1 Å². The number of fused-ring (bicyclic) bond motifs is 5. The van der Waals surface area contributed by atoms with Crippen molar-refractivity contribution in [3.05, 3.63) is 65.4 Å². The predicted molar refractivity (Wildman–Crippen MR) is 77.9 cm³/mol. The van der Waals surface area contributed by atoms with Crippen LogP contribution in [0.25, 0.3) is 27.6 Å². The van der Waals surface area contributed by atoms with E-state index < -0.39 is 0 Å². The number of allylic oxidation sites excluding steroid dienone is 1. The molecule has 0 aliphatic heterocycles. The molecule has 4 rings (SSSR count). The molecule has 0 saturated heterocycles. The van der Waals surface area contributed by atoms with Gasteiger partial charge in [0.1, 0.15) is 0 Å². The van der Waals surface area contributed by atoms with Crippen LogP contribution in [-0.2, 0) is 0 Å². The van der Waals surface area contributed by atoms with Crippen LogP contribution in [-0.4, -0.2) is 5.78 Å². The Morgan fingerprint density at radius 3 is 2.47 bits per heavy atom. The van der Waals surface area contributed by atoms with Gasteiger partial charge in [-0.2, -0.15) is 0 Å². The summed E-state index contributed by atoms with van der Waals surface area (Å²) < 4.78 is 0. The number of rotatable bonds is 0. The van der Waals surface area contributed by atoms with Gasteiger partial charge < -0.3 is 5.73 Å². The zero-order chi connectivity index (χ0) is 13.0. The summed E-state index contributed by atoms with van der Waals surface area (Å²) >= 11 is 0. The number of carbonyl (C=O) groups is 1. The molecule has 2 nitrogen and oxygen atoms in total. The first-order valence-electron chi connectivity index (χ1n) is 6.22. The van der Waals surface area contributed by atoms with Gasteiger partial charge in [0.15, 0.2) is 0 Å². The Bertz CT molecular complexity index is 890. The third kappa shape index (κ3) is 1.28. The minimum absolute atomic E-state index is 0.0648. The van der Waals surface area contributed by atoms with Crippen LogP contribution in [0.3, 0.4) is 0 Å². The van der Waals surface area contributed by atoms with E-state index in [1.165, 1.54) is 10.8 Å². The van der Waals surface area contributed by atoms with E-state index in [2.05, 4.69) is 24.3 Å². The molecule has 3 aromatic rings. The number of benzene rings is 3. The van der Waals surface area contributed by atoms with Crippen molar-refractivity contribution in [2.24, 2.45) is 5.73 Å². The van der Waals surface area contributed by atoms with Gasteiger partial charge in [0.2, 0.25) is 5.78 Å². The first-order chi connectivity index (χ1) is 9.25. The van der Waals surface area contributed by atoms with E-state index in [1.807, 2.05) is 24.3 Å². The number of hydrogen-bond donors (Lipinski definition) is 1. The molecule has 0 unspecified atom stereocenters. The third-order valence-electron chi connectivity index (χ3n) is 3.77. The molecular weight excluding hydrogens is 234 g/mol. The molecule has 0 spiro atoms. The average molecular weight is 245 g/mol. The lowest BCUT2D eigenvalue weighted by Gasteiger charge is -2.07. The van der Waals surface area contributed by atoms with Gasteiger partial charge in [-0.05, 0) is 39.3 Å². The molecule has 1 aliphatic rings. The van der Waals surface area contributed by atoms with Crippen LogP contribution >= 0.6 is 0 Å². The van der Waals surface area contributed by atoms with Crippen LogP contribution in [0.5, 0.6) is 0 Å². The monoisotopic (exact) mass is 245 g/mol. The summed E-state index contributed by atoms with van der Waals surface area (Å²) in [5, 5.41) is 4.66. The summed E-state index contributed by atoms with van der Waals surface area (Å²) in [7, 11) is 0. The maximum atomic E-state index is 11.9. The Morgan fingerprint density at radius 2 is 1.58 bits per heavy atom. The molecule has 1 aliphatic carbocycles. The van der Waals surface area contributed by atoms with E-state index in [4.69, 9.17) is 5.73 Å². The van der Waals surface area contributed by atoms with Gasteiger partial charge in [-0.25, -0.2) is 0 Å². The SMILES string of the molecule is NC1=Cc2c(ccc3c2ccc2ccccc23)C1=O. The van der Waals surface area contributed by atoms with Crippen molar-refractivity contribution < 1.29 is 4.79 Å². The van der Waals surface area contributed by atoms with E-state index in [0.717, 1.165) is 16.3 Å².